The highest BCUT2D eigenvalue weighted by Crippen LogP contribution is 2.19. The molecule has 68 heavy (non-hydrogen) atoms. The van der Waals surface area contributed by atoms with Crippen LogP contribution in [0.25, 0.3) is 0 Å². The van der Waals surface area contributed by atoms with Crippen molar-refractivity contribution >= 4 is 11.9 Å². The zero-order chi connectivity index (χ0) is 49.5. The first-order chi connectivity index (χ1) is 33.5. The Hall–Kier alpha value is -1.66. The fraction of sp³-hybridized carbons (Fsp3) is 0.903. The summed E-state index contributed by atoms with van der Waals surface area (Å²) < 4.78 is 5.98. The summed E-state index contributed by atoms with van der Waals surface area (Å²) in [5, 5.41) is 23.9. The normalized spacial score (nSPS) is 13.2. The third kappa shape index (κ3) is 50.7. The molecule has 0 aromatic rings. The van der Waals surface area contributed by atoms with Gasteiger partial charge in [-0.25, -0.2) is 0 Å². The van der Waals surface area contributed by atoms with Gasteiger partial charge in [-0.2, -0.15) is 0 Å². The van der Waals surface area contributed by atoms with Crippen molar-refractivity contribution in [2.75, 3.05) is 6.61 Å². The lowest BCUT2D eigenvalue weighted by molar-refractivity contribution is -0.151. The molecular formula is C62H119NO5. The van der Waals surface area contributed by atoms with Gasteiger partial charge in [0.15, 0.2) is 0 Å². The largest absolute Gasteiger partial charge is 0.462 e. The van der Waals surface area contributed by atoms with E-state index >= 15 is 0 Å². The zero-order valence-corrected chi connectivity index (χ0v) is 46.0. The first-order valence-corrected chi connectivity index (χ1v) is 30.6. The predicted molar refractivity (Wildman–Crippen MR) is 296 cm³/mol. The van der Waals surface area contributed by atoms with Gasteiger partial charge in [0.25, 0.3) is 0 Å². The van der Waals surface area contributed by atoms with Crippen LogP contribution in [-0.2, 0) is 14.3 Å². The molecule has 0 aliphatic carbocycles. The van der Waals surface area contributed by atoms with Crippen molar-refractivity contribution < 1.29 is 24.5 Å². The van der Waals surface area contributed by atoms with E-state index < -0.39 is 18.2 Å². The molecule has 6 heteroatoms. The van der Waals surface area contributed by atoms with E-state index in [4.69, 9.17) is 4.74 Å². The number of ether oxygens (including phenoxy) is 1. The number of hydrogen-bond acceptors (Lipinski definition) is 5. The highest BCUT2D eigenvalue weighted by atomic mass is 16.5. The van der Waals surface area contributed by atoms with Gasteiger partial charge in [-0.15, -0.1) is 0 Å². The molecule has 0 aliphatic rings. The quantitative estimate of drug-likeness (QED) is 0.0321. The molecule has 0 aromatic carbocycles. The second-order valence-corrected chi connectivity index (χ2v) is 21.1. The maximum absolute atomic E-state index is 13.3. The Balaban J connectivity index is 4.52. The second kappa shape index (κ2) is 56.3. The van der Waals surface area contributed by atoms with E-state index in [-0.39, 0.29) is 24.9 Å². The maximum atomic E-state index is 13.3. The maximum Gasteiger partial charge on any atom is 0.306 e. The summed E-state index contributed by atoms with van der Waals surface area (Å²) in [6, 6.07) is -0.699. The molecule has 0 fully saturated rings. The van der Waals surface area contributed by atoms with Crippen LogP contribution in [0.4, 0.5) is 0 Å². The van der Waals surface area contributed by atoms with Crippen LogP contribution in [0.3, 0.4) is 0 Å². The van der Waals surface area contributed by atoms with Crippen molar-refractivity contribution in [3.05, 3.63) is 24.3 Å². The number of rotatable bonds is 56. The molecule has 0 heterocycles. The Morgan fingerprint density at radius 2 is 0.750 bits per heavy atom. The molecule has 0 aliphatic heterocycles. The lowest BCUT2D eigenvalue weighted by atomic mass is 10.0. The summed E-state index contributed by atoms with van der Waals surface area (Å²) in [6.07, 6.45) is 66.7. The lowest BCUT2D eigenvalue weighted by Crippen LogP contribution is -2.46. The zero-order valence-electron chi connectivity index (χ0n) is 46.0. The van der Waals surface area contributed by atoms with Crippen molar-refractivity contribution in [2.24, 2.45) is 0 Å². The molecular weight excluding hydrogens is 839 g/mol. The number of carbonyl (C=O) groups is 2. The molecule has 0 saturated carbocycles. The number of nitrogens with one attached hydrogen (secondary N) is 1. The Bertz CT molecular complexity index is 1080. The molecule has 402 valence electrons. The van der Waals surface area contributed by atoms with E-state index in [0.717, 1.165) is 57.8 Å². The molecule has 1 amide bonds. The summed E-state index contributed by atoms with van der Waals surface area (Å²) >= 11 is 0. The molecule has 0 radical (unpaired) electrons. The molecule has 0 saturated heterocycles. The van der Waals surface area contributed by atoms with Crippen molar-refractivity contribution in [1.29, 1.82) is 0 Å². The molecule has 3 N–H and O–H groups in total. The summed E-state index contributed by atoms with van der Waals surface area (Å²) in [4.78, 5) is 26.3. The summed E-state index contributed by atoms with van der Waals surface area (Å²) in [5.41, 5.74) is 0. The van der Waals surface area contributed by atoms with Crippen molar-refractivity contribution in [3.63, 3.8) is 0 Å². The average Bonchev–Trinajstić information content (AvgIpc) is 3.33. The number of unbranched alkanes of at least 4 members (excludes halogenated alkanes) is 40. The van der Waals surface area contributed by atoms with Crippen molar-refractivity contribution in [2.45, 2.75) is 354 Å². The van der Waals surface area contributed by atoms with Gasteiger partial charge >= 0.3 is 5.97 Å². The van der Waals surface area contributed by atoms with Gasteiger partial charge in [0.1, 0.15) is 6.10 Å². The third-order valence-electron chi connectivity index (χ3n) is 14.3. The predicted octanol–water partition coefficient (Wildman–Crippen LogP) is 19.0. The summed E-state index contributed by atoms with van der Waals surface area (Å²) in [6.45, 7) is 6.51. The molecule has 3 unspecified atom stereocenters. The Morgan fingerprint density at radius 3 is 1.15 bits per heavy atom. The van der Waals surface area contributed by atoms with Crippen LogP contribution in [0.2, 0.25) is 0 Å². The van der Waals surface area contributed by atoms with Crippen LogP contribution in [-0.4, -0.2) is 46.9 Å². The number of carbonyl (C=O) groups excluding carboxylic acids is 2. The summed E-state index contributed by atoms with van der Waals surface area (Å²) in [5.74, 6) is -0.459. The lowest BCUT2D eigenvalue weighted by Gasteiger charge is -2.24. The second-order valence-electron chi connectivity index (χ2n) is 21.1. The Kier molecular flexibility index (Phi) is 54.9. The van der Waals surface area contributed by atoms with Crippen LogP contribution in [0.5, 0.6) is 0 Å². The van der Waals surface area contributed by atoms with Crippen molar-refractivity contribution in [3.8, 4) is 0 Å². The monoisotopic (exact) mass is 958 g/mol. The number of aliphatic hydroxyl groups excluding tert-OH is 2. The van der Waals surface area contributed by atoms with Gasteiger partial charge in [-0.3, -0.25) is 9.59 Å². The number of hydrogen-bond donors (Lipinski definition) is 3. The van der Waals surface area contributed by atoms with Crippen LogP contribution in [0, 0.1) is 0 Å². The first kappa shape index (κ1) is 66.3. The van der Waals surface area contributed by atoms with Gasteiger partial charge in [-0.1, -0.05) is 289 Å². The molecule has 0 spiro atoms. The van der Waals surface area contributed by atoms with Crippen LogP contribution in [0.15, 0.2) is 24.3 Å². The molecule has 0 aromatic heterocycles. The molecule has 3 atom stereocenters. The standard InChI is InChI=1S/C62H119NO5/c1-4-7-10-13-16-19-22-25-28-30-33-35-38-41-44-47-50-53-58(68-62(67)55-52-49-46-43-40-37-34-31-29-26-23-20-17-14-11-8-5-2)56-61(66)63-59(57-64)60(65)54-51-48-45-42-39-36-32-27-24-21-18-15-12-9-6-3/h17,20,26,29,58-60,64-65H,4-16,18-19,21-25,27-28,30-57H2,1-3H3,(H,63,66)/b20-17-,29-26-. The smallest absolute Gasteiger partial charge is 0.306 e. The van der Waals surface area contributed by atoms with Gasteiger partial charge in [0.2, 0.25) is 5.91 Å². The van der Waals surface area contributed by atoms with Gasteiger partial charge in [0.05, 0.1) is 25.2 Å². The minimum Gasteiger partial charge on any atom is -0.462 e. The van der Waals surface area contributed by atoms with Crippen LogP contribution >= 0.6 is 0 Å². The van der Waals surface area contributed by atoms with Crippen LogP contribution < -0.4 is 5.32 Å². The minimum atomic E-state index is -0.786. The van der Waals surface area contributed by atoms with E-state index in [1.54, 1.807) is 0 Å². The van der Waals surface area contributed by atoms with E-state index in [1.807, 2.05) is 0 Å². The van der Waals surface area contributed by atoms with E-state index in [0.29, 0.717) is 19.3 Å². The van der Waals surface area contributed by atoms with E-state index in [2.05, 4.69) is 50.4 Å². The minimum absolute atomic E-state index is 0.0811. The Labute approximate surface area is 424 Å². The van der Waals surface area contributed by atoms with E-state index in [9.17, 15) is 19.8 Å². The molecule has 0 bridgehead atoms. The molecule has 6 nitrogen and oxygen atoms in total. The topological polar surface area (TPSA) is 95.9 Å². The fourth-order valence-corrected chi connectivity index (χ4v) is 9.64. The highest BCUT2D eigenvalue weighted by molar-refractivity contribution is 5.77. The van der Waals surface area contributed by atoms with E-state index in [1.165, 1.54) is 231 Å². The number of esters is 1. The average molecular weight is 959 g/mol. The number of allylic oxidation sites excluding steroid dienone is 4. The van der Waals surface area contributed by atoms with Crippen LogP contribution in [0.1, 0.15) is 335 Å². The van der Waals surface area contributed by atoms with Gasteiger partial charge in [-0.05, 0) is 57.8 Å². The Morgan fingerprint density at radius 1 is 0.426 bits per heavy atom. The fourth-order valence-electron chi connectivity index (χ4n) is 9.64. The number of aliphatic hydroxyl groups is 2. The highest BCUT2D eigenvalue weighted by Gasteiger charge is 2.24. The number of amides is 1. The van der Waals surface area contributed by atoms with Gasteiger partial charge in [0, 0.05) is 6.42 Å². The summed E-state index contributed by atoms with van der Waals surface area (Å²) in [7, 11) is 0. The SMILES string of the molecule is CCCCC/C=C\C/C=C\CCCCCCCCCC(=O)OC(CCCCCCCCCCCCCCCCCCC)CC(=O)NC(CO)C(O)CCCCCCCCCCCCCCCCC. The van der Waals surface area contributed by atoms with Crippen molar-refractivity contribution in [1.82, 2.24) is 5.32 Å². The third-order valence-corrected chi connectivity index (χ3v) is 14.3. The van der Waals surface area contributed by atoms with Gasteiger partial charge < -0.3 is 20.3 Å². The molecule has 0 rings (SSSR count). The first-order valence-electron chi connectivity index (χ1n) is 30.6.